The van der Waals surface area contributed by atoms with E-state index in [9.17, 15) is 14.0 Å². The summed E-state index contributed by atoms with van der Waals surface area (Å²) in [7, 11) is 0. The summed E-state index contributed by atoms with van der Waals surface area (Å²) in [5, 5.41) is 9.12. The predicted octanol–water partition coefficient (Wildman–Crippen LogP) is 1.34. The molecule has 0 saturated heterocycles. The number of nitrogens with zero attached hydrogens (tertiary/aromatic N) is 1. The molecule has 0 aliphatic heterocycles. The summed E-state index contributed by atoms with van der Waals surface area (Å²) in [6.45, 7) is 0. The Kier molecular flexibility index (Phi) is 3.52. The summed E-state index contributed by atoms with van der Waals surface area (Å²) < 4.78 is 13.0. The largest absolute Gasteiger partial charge is 0.478 e. The molecule has 0 spiro atoms. The second kappa shape index (κ2) is 5.11. The molecule has 4 N–H and O–H groups in total. The molecule has 0 saturated carbocycles. The third-order valence-corrected chi connectivity index (χ3v) is 3.08. The van der Waals surface area contributed by atoms with Gasteiger partial charge >= 0.3 is 5.97 Å². The summed E-state index contributed by atoms with van der Waals surface area (Å²) in [4.78, 5) is 28.7. The molecule has 2 rings (SSSR count). The molecule has 0 amide bonds. The number of nitrogens with two attached hydrogens (primary N) is 1. The first-order chi connectivity index (χ1) is 8.95. The number of nitrogen functional groups attached to an aromatic ring is 1. The molecule has 0 aliphatic carbocycles. The average molecular weight is 281 g/mol. The number of anilines is 1. The molecule has 6 nitrogen and oxygen atoms in total. The molecule has 0 fully saturated rings. The first-order valence-electron chi connectivity index (χ1n) is 5.03. The van der Waals surface area contributed by atoms with Gasteiger partial charge < -0.3 is 15.8 Å². The standard InChI is InChI=1S/C11H8FN3O3S/c12-5-1-2-7(6(3-5)10(17)18)19-11-14-8(13)4-9(16)15-11/h1-4H,(H,17,18)(H3,13,14,15,16). The highest BCUT2D eigenvalue weighted by Gasteiger charge is 2.13. The first-order valence-corrected chi connectivity index (χ1v) is 5.85. The molecule has 0 unspecified atom stereocenters. The summed E-state index contributed by atoms with van der Waals surface area (Å²) in [5.74, 6) is -1.91. The Morgan fingerprint density at radius 3 is 2.79 bits per heavy atom. The molecular formula is C11H8FN3O3S. The minimum atomic E-state index is -1.27. The van der Waals surface area contributed by atoms with Gasteiger partial charge in [-0.25, -0.2) is 14.2 Å². The van der Waals surface area contributed by atoms with Crippen molar-refractivity contribution in [2.45, 2.75) is 10.1 Å². The van der Waals surface area contributed by atoms with E-state index in [0.717, 1.165) is 30.0 Å². The zero-order chi connectivity index (χ0) is 14.0. The topological polar surface area (TPSA) is 109 Å². The number of rotatable bonds is 3. The maximum atomic E-state index is 13.0. The SMILES string of the molecule is Nc1cc(=O)[nH]c(Sc2ccc(F)cc2C(=O)O)n1. The first kappa shape index (κ1) is 13.1. The van der Waals surface area contributed by atoms with Crippen molar-refractivity contribution < 1.29 is 14.3 Å². The van der Waals surface area contributed by atoms with Crippen LogP contribution >= 0.6 is 11.8 Å². The van der Waals surface area contributed by atoms with Crippen molar-refractivity contribution in [3.8, 4) is 0 Å². The lowest BCUT2D eigenvalue weighted by Gasteiger charge is -2.05. The van der Waals surface area contributed by atoms with E-state index in [1.165, 1.54) is 6.07 Å². The minimum Gasteiger partial charge on any atom is -0.478 e. The fourth-order valence-corrected chi connectivity index (χ4v) is 2.27. The Morgan fingerprint density at radius 1 is 1.42 bits per heavy atom. The summed E-state index contributed by atoms with van der Waals surface area (Å²) in [6.07, 6.45) is 0. The molecule has 0 aliphatic rings. The van der Waals surface area contributed by atoms with Crippen LogP contribution in [0.15, 0.2) is 39.1 Å². The number of H-pyrrole nitrogens is 1. The Labute approximate surface area is 110 Å². The van der Waals surface area contributed by atoms with E-state index >= 15 is 0 Å². The number of hydrogen-bond donors (Lipinski definition) is 3. The molecule has 2 aromatic rings. The predicted molar refractivity (Wildman–Crippen MR) is 66.8 cm³/mol. The monoisotopic (exact) mass is 281 g/mol. The van der Waals surface area contributed by atoms with Gasteiger partial charge in [-0.3, -0.25) is 4.79 Å². The number of aromatic nitrogens is 2. The molecule has 8 heteroatoms. The second-order valence-electron chi connectivity index (χ2n) is 3.52. The molecule has 1 aromatic carbocycles. The average Bonchev–Trinajstić information content (AvgIpc) is 2.30. The van der Waals surface area contributed by atoms with Crippen LogP contribution in [0.3, 0.4) is 0 Å². The fraction of sp³-hybridized carbons (Fsp3) is 0. The highest BCUT2D eigenvalue weighted by atomic mass is 32.2. The van der Waals surface area contributed by atoms with Gasteiger partial charge in [0.15, 0.2) is 5.16 Å². The van der Waals surface area contributed by atoms with E-state index in [2.05, 4.69) is 9.97 Å². The Balaban J connectivity index is 2.43. The summed E-state index contributed by atoms with van der Waals surface area (Å²) in [6, 6.07) is 4.42. The van der Waals surface area contributed by atoms with E-state index in [0.29, 0.717) is 0 Å². The molecule has 1 aromatic heterocycles. The van der Waals surface area contributed by atoms with Gasteiger partial charge in [-0.05, 0) is 18.2 Å². The quantitative estimate of drug-likeness (QED) is 0.732. The smallest absolute Gasteiger partial charge is 0.336 e. The maximum Gasteiger partial charge on any atom is 0.336 e. The van der Waals surface area contributed by atoms with Gasteiger partial charge in [0.1, 0.15) is 11.6 Å². The van der Waals surface area contributed by atoms with Gasteiger partial charge in [-0.15, -0.1) is 0 Å². The summed E-state index contributed by atoms with van der Waals surface area (Å²) in [5.41, 5.74) is 4.75. The Hall–Kier alpha value is -2.35. The lowest BCUT2D eigenvalue weighted by molar-refractivity contribution is 0.0692. The van der Waals surface area contributed by atoms with Gasteiger partial charge in [0.2, 0.25) is 0 Å². The number of carboxylic acids is 1. The number of hydrogen-bond acceptors (Lipinski definition) is 5. The zero-order valence-electron chi connectivity index (χ0n) is 9.38. The van der Waals surface area contributed by atoms with Crippen LogP contribution in [0.1, 0.15) is 10.4 Å². The number of aromatic carboxylic acids is 1. The number of nitrogens with one attached hydrogen (secondary N) is 1. The fourth-order valence-electron chi connectivity index (χ4n) is 1.36. The molecule has 0 bridgehead atoms. The Morgan fingerprint density at radius 2 is 2.16 bits per heavy atom. The van der Waals surface area contributed by atoms with Crippen LogP contribution in [0.4, 0.5) is 10.2 Å². The Bertz CT molecular complexity index is 702. The van der Waals surface area contributed by atoms with Crippen LogP contribution < -0.4 is 11.3 Å². The van der Waals surface area contributed by atoms with Gasteiger partial charge in [0, 0.05) is 11.0 Å². The van der Waals surface area contributed by atoms with Crippen LogP contribution in [0.2, 0.25) is 0 Å². The molecule has 0 atom stereocenters. The summed E-state index contributed by atoms with van der Waals surface area (Å²) >= 11 is 0.885. The highest BCUT2D eigenvalue weighted by molar-refractivity contribution is 7.99. The van der Waals surface area contributed by atoms with Crippen molar-refractivity contribution in [2.24, 2.45) is 0 Å². The zero-order valence-corrected chi connectivity index (χ0v) is 10.2. The van der Waals surface area contributed by atoms with Crippen molar-refractivity contribution in [3.05, 3.63) is 46.0 Å². The van der Waals surface area contributed by atoms with Crippen LogP contribution in [-0.2, 0) is 0 Å². The maximum absolute atomic E-state index is 13.0. The third-order valence-electron chi connectivity index (χ3n) is 2.12. The minimum absolute atomic E-state index is 0.0187. The molecule has 1 heterocycles. The van der Waals surface area contributed by atoms with E-state index in [1.54, 1.807) is 0 Å². The lowest BCUT2D eigenvalue weighted by atomic mass is 10.2. The number of benzene rings is 1. The normalized spacial score (nSPS) is 10.4. The van der Waals surface area contributed by atoms with Crippen LogP contribution in [0.5, 0.6) is 0 Å². The molecule has 0 radical (unpaired) electrons. The number of carbonyl (C=O) groups is 1. The number of carboxylic acid groups (broad SMARTS) is 1. The molecule has 19 heavy (non-hydrogen) atoms. The van der Waals surface area contributed by atoms with Crippen molar-refractivity contribution in [1.29, 1.82) is 0 Å². The van der Waals surface area contributed by atoms with E-state index in [1.807, 2.05) is 0 Å². The number of halogens is 1. The van der Waals surface area contributed by atoms with Crippen LogP contribution in [-0.4, -0.2) is 21.0 Å². The second-order valence-corrected chi connectivity index (χ2v) is 4.55. The van der Waals surface area contributed by atoms with Gasteiger partial charge in [-0.1, -0.05) is 11.8 Å². The highest BCUT2D eigenvalue weighted by Crippen LogP contribution is 2.28. The van der Waals surface area contributed by atoms with Crippen molar-refractivity contribution in [1.82, 2.24) is 9.97 Å². The van der Waals surface area contributed by atoms with Crippen molar-refractivity contribution in [2.75, 3.05) is 5.73 Å². The van der Waals surface area contributed by atoms with Crippen LogP contribution in [0, 0.1) is 5.82 Å². The van der Waals surface area contributed by atoms with E-state index < -0.39 is 17.3 Å². The van der Waals surface area contributed by atoms with Crippen molar-refractivity contribution >= 4 is 23.5 Å². The van der Waals surface area contributed by atoms with Crippen molar-refractivity contribution in [3.63, 3.8) is 0 Å². The molecular weight excluding hydrogens is 273 g/mol. The van der Waals surface area contributed by atoms with Gasteiger partial charge in [0.05, 0.1) is 5.56 Å². The van der Waals surface area contributed by atoms with E-state index in [4.69, 9.17) is 10.8 Å². The van der Waals surface area contributed by atoms with Gasteiger partial charge in [0.25, 0.3) is 5.56 Å². The lowest BCUT2D eigenvalue weighted by Crippen LogP contribution is -2.09. The molecule has 98 valence electrons. The van der Waals surface area contributed by atoms with Gasteiger partial charge in [-0.2, -0.15) is 0 Å². The van der Waals surface area contributed by atoms with E-state index in [-0.39, 0.29) is 21.4 Å². The van der Waals surface area contributed by atoms with Crippen LogP contribution in [0.25, 0.3) is 0 Å². The third kappa shape index (κ3) is 3.10. The number of aromatic amines is 1.